The number of carbonyl (C=O) groups excluding carboxylic acids is 1. The summed E-state index contributed by atoms with van der Waals surface area (Å²) < 4.78 is 5.72. The van der Waals surface area contributed by atoms with Crippen LogP contribution in [0, 0.1) is 6.92 Å². The third-order valence-electron chi connectivity index (χ3n) is 3.33. The van der Waals surface area contributed by atoms with Crippen molar-refractivity contribution in [2.45, 2.75) is 6.92 Å². The van der Waals surface area contributed by atoms with Gasteiger partial charge < -0.3 is 4.74 Å². The number of hydrogen-bond acceptors (Lipinski definition) is 2. The molecule has 3 heteroatoms. The van der Waals surface area contributed by atoms with Gasteiger partial charge in [0.2, 0.25) is 0 Å². The largest absolute Gasteiger partial charge is 0.488 e. The van der Waals surface area contributed by atoms with Crippen molar-refractivity contribution in [1.82, 2.24) is 0 Å². The minimum Gasteiger partial charge on any atom is -0.488 e. The number of ether oxygens (including phenoxy) is 1. The van der Waals surface area contributed by atoms with Crippen molar-refractivity contribution in [2.75, 3.05) is 6.61 Å². The number of Topliss-reactive ketones (excluding diaryl/α,β-unsaturated/α-hetero) is 1. The van der Waals surface area contributed by atoms with Gasteiger partial charge in [0.05, 0.1) is 5.56 Å². The van der Waals surface area contributed by atoms with E-state index in [4.69, 9.17) is 16.3 Å². The van der Waals surface area contributed by atoms with Crippen LogP contribution in [0.3, 0.4) is 0 Å². The van der Waals surface area contributed by atoms with E-state index in [1.807, 2.05) is 37.3 Å². The van der Waals surface area contributed by atoms with Crippen molar-refractivity contribution in [3.05, 3.63) is 69.8 Å². The van der Waals surface area contributed by atoms with E-state index in [1.165, 1.54) is 0 Å². The molecule has 100 valence electrons. The van der Waals surface area contributed by atoms with E-state index in [1.54, 1.807) is 18.2 Å². The molecule has 0 bridgehead atoms. The van der Waals surface area contributed by atoms with Crippen molar-refractivity contribution in [3.63, 3.8) is 0 Å². The molecule has 0 radical (unpaired) electrons. The second-order valence-corrected chi connectivity index (χ2v) is 5.23. The Bertz CT molecular complexity index is 699. The highest BCUT2D eigenvalue weighted by Crippen LogP contribution is 2.30. The molecule has 0 N–H and O–H groups in total. The van der Waals surface area contributed by atoms with Crippen LogP contribution in [0.4, 0.5) is 0 Å². The van der Waals surface area contributed by atoms with Gasteiger partial charge in [-0.1, -0.05) is 35.9 Å². The van der Waals surface area contributed by atoms with Gasteiger partial charge in [0.1, 0.15) is 12.4 Å². The van der Waals surface area contributed by atoms with Gasteiger partial charge in [-0.2, -0.15) is 0 Å². The number of rotatable bonds is 1. The predicted octanol–water partition coefficient (Wildman–Crippen LogP) is 4.31. The first-order valence-corrected chi connectivity index (χ1v) is 6.76. The number of ketones is 1. The molecule has 0 unspecified atom stereocenters. The minimum atomic E-state index is 0.0323. The molecule has 0 amide bonds. The Balaban J connectivity index is 1.98. The van der Waals surface area contributed by atoms with Crippen LogP contribution in [0.25, 0.3) is 6.08 Å². The summed E-state index contributed by atoms with van der Waals surface area (Å²) in [5, 5.41) is 0.680. The van der Waals surface area contributed by atoms with Crippen molar-refractivity contribution in [1.29, 1.82) is 0 Å². The van der Waals surface area contributed by atoms with E-state index in [9.17, 15) is 4.79 Å². The molecule has 20 heavy (non-hydrogen) atoms. The Labute approximate surface area is 122 Å². The molecule has 1 aliphatic rings. The third-order valence-corrected chi connectivity index (χ3v) is 3.58. The highest BCUT2D eigenvalue weighted by Gasteiger charge is 2.24. The lowest BCUT2D eigenvalue weighted by molar-refractivity contribution is 0.100. The van der Waals surface area contributed by atoms with Crippen LogP contribution in [0.15, 0.2) is 48.0 Å². The summed E-state index contributed by atoms with van der Waals surface area (Å²) in [4.78, 5) is 12.5. The fourth-order valence-corrected chi connectivity index (χ4v) is 2.40. The molecule has 2 aromatic carbocycles. The Morgan fingerprint density at radius 3 is 2.65 bits per heavy atom. The third kappa shape index (κ3) is 2.35. The molecule has 3 rings (SSSR count). The van der Waals surface area contributed by atoms with E-state index in [2.05, 4.69) is 0 Å². The molecule has 1 heterocycles. The standard InChI is InChI=1S/C17H13ClO2/c1-11-3-2-4-15-16(19)13(10-20-17(11)15)9-12-5-7-14(18)8-6-12/h2-9H,10H2,1H3/b13-9+. The molecular formula is C17H13ClO2. The maximum atomic E-state index is 12.5. The maximum absolute atomic E-state index is 12.5. The normalized spacial score (nSPS) is 15.9. The number of benzene rings is 2. The van der Waals surface area contributed by atoms with E-state index in [0.29, 0.717) is 28.5 Å². The maximum Gasteiger partial charge on any atom is 0.196 e. The fourth-order valence-electron chi connectivity index (χ4n) is 2.28. The molecule has 2 nitrogen and oxygen atoms in total. The molecular weight excluding hydrogens is 272 g/mol. The Hall–Kier alpha value is -2.06. The molecule has 0 atom stereocenters. The summed E-state index contributed by atoms with van der Waals surface area (Å²) in [7, 11) is 0. The highest BCUT2D eigenvalue weighted by atomic mass is 35.5. The van der Waals surface area contributed by atoms with Crippen molar-refractivity contribution in [3.8, 4) is 5.75 Å². The van der Waals surface area contributed by atoms with E-state index in [0.717, 1.165) is 11.1 Å². The first kappa shape index (κ1) is 12.9. The van der Waals surface area contributed by atoms with Crippen LogP contribution in [0.2, 0.25) is 5.02 Å². The topological polar surface area (TPSA) is 26.3 Å². The minimum absolute atomic E-state index is 0.0323. The molecule has 0 spiro atoms. The summed E-state index contributed by atoms with van der Waals surface area (Å²) in [6.07, 6.45) is 1.85. The van der Waals surface area contributed by atoms with Crippen LogP contribution in [-0.2, 0) is 0 Å². The summed E-state index contributed by atoms with van der Waals surface area (Å²) in [6.45, 7) is 2.25. The van der Waals surface area contributed by atoms with Crippen LogP contribution in [0.1, 0.15) is 21.5 Å². The lowest BCUT2D eigenvalue weighted by Gasteiger charge is -2.20. The number of carbonyl (C=O) groups is 1. The van der Waals surface area contributed by atoms with Crippen LogP contribution in [-0.4, -0.2) is 12.4 Å². The van der Waals surface area contributed by atoms with Crippen molar-refractivity contribution < 1.29 is 9.53 Å². The lowest BCUT2D eigenvalue weighted by atomic mass is 9.96. The second kappa shape index (κ2) is 5.14. The lowest BCUT2D eigenvalue weighted by Crippen LogP contribution is -2.19. The summed E-state index contributed by atoms with van der Waals surface area (Å²) >= 11 is 5.86. The van der Waals surface area contributed by atoms with Gasteiger partial charge in [0, 0.05) is 10.6 Å². The molecule has 1 aliphatic heterocycles. The number of fused-ring (bicyclic) bond motifs is 1. The second-order valence-electron chi connectivity index (χ2n) is 4.79. The zero-order chi connectivity index (χ0) is 14.1. The first-order valence-electron chi connectivity index (χ1n) is 6.38. The molecule has 0 saturated heterocycles. The van der Waals surface area contributed by atoms with Gasteiger partial charge in [0.15, 0.2) is 5.78 Å². The van der Waals surface area contributed by atoms with Gasteiger partial charge >= 0.3 is 0 Å². The number of aryl methyl sites for hydroxylation is 1. The predicted molar refractivity (Wildman–Crippen MR) is 80.4 cm³/mol. The Morgan fingerprint density at radius 2 is 1.90 bits per heavy atom. The zero-order valence-corrected chi connectivity index (χ0v) is 11.8. The van der Waals surface area contributed by atoms with Gasteiger partial charge in [-0.25, -0.2) is 0 Å². The molecule has 0 fully saturated rings. The summed E-state index contributed by atoms with van der Waals surface area (Å²) in [5.74, 6) is 0.732. The van der Waals surface area contributed by atoms with E-state index < -0.39 is 0 Å². The van der Waals surface area contributed by atoms with Gasteiger partial charge in [0.25, 0.3) is 0 Å². The quantitative estimate of drug-likeness (QED) is 0.730. The van der Waals surface area contributed by atoms with Crippen molar-refractivity contribution in [2.24, 2.45) is 0 Å². The number of halogens is 1. The highest BCUT2D eigenvalue weighted by molar-refractivity contribution is 6.30. The molecule has 0 saturated carbocycles. The summed E-state index contributed by atoms with van der Waals surface area (Å²) in [5.41, 5.74) is 3.22. The number of para-hydroxylation sites is 1. The monoisotopic (exact) mass is 284 g/mol. The molecule has 2 aromatic rings. The SMILES string of the molecule is Cc1cccc2c1OC/C(=C\c1ccc(Cl)cc1)C2=O. The fraction of sp³-hybridized carbons (Fsp3) is 0.118. The van der Waals surface area contributed by atoms with E-state index in [-0.39, 0.29) is 5.78 Å². The molecule has 0 aromatic heterocycles. The van der Waals surface area contributed by atoms with Gasteiger partial charge in [-0.15, -0.1) is 0 Å². The van der Waals surface area contributed by atoms with Crippen LogP contribution < -0.4 is 4.74 Å². The number of hydrogen-bond donors (Lipinski definition) is 0. The summed E-state index contributed by atoms with van der Waals surface area (Å²) in [6, 6.07) is 13.0. The first-order chi connectivity index (χ1) is 9.65. The van der Waals surface area contributed by atoms with Gasteiger partial charge in [-0.3, -0.25) is 4.79 Å². The average molecular weight is 285 g/mol. The average Bonchev–Trinajstić information content (AvgIpc) is 2.45. The van der Waals surface area contributed by atoms with Crippen LogP contribution in [0.5, 0.6) is 5.75 Å². The Morgan fingerprint density at radius 1 is 1.15 bits per heavy atom. The van der Waals surface area contributed by atoms with Crippen molar-refractivity contribution >= 4 is 23.5 Å². The smallest absolute Gasteiger partial charge is 0.196 e. The van der Waals surface area contributed by atoms with Gasteiger partial charge in [-0.05, 0) is 42.3 Å². The van der Waals surface area contributed by atoms with E-state index >= 15 is 0 Å². The zero-order valence-electron chi connectivity index (χ0n) is 11.0. The molecule has 0 aliphatic carbocycles. The Kier molecular flexibility index (Phi) is 3.33. The van der Waals surface area contributed by atoms with Crippen LogP contribution >= 0.6 is 11.6 Å².